The molecule has 1 aliphatic rings. The van der Waals surface area contributed by atoms with Crippen molar-refractivity contribution in [3.63, 3.8) is 0 Å². The molecule has 0 atom stereocenters. The van der Waals surface area contributed by atoms with Gasteiger partial charge in [-0.15, -0.1) is 0 Å². The van der Waals surface area contributed by atoms with Crippen LogP contribution >= 0.6 is 0 Å². The van der Waals surface area contributed by atoms with E-state index in [0.717, 1.165) is 39.0 Å². The van der Waals surface area contributed by atoms with Crippen molar-refractivity contribution >= 4 is 0 Å². The van der Waals surface area contributed by atoms with Gasteiger partial charge in [-0.2, -0.15) is 0 Å². The van der Waals surface area contributed by atoms with Gasteiger partial charge >= 0.3 is 0 Å². The molecule has 1 aliphatic heterocycles. The van der Waals surface area contributed by atoms with Crippen LogP contribution in [-0.2, 0) is 33.2 Å². The lowest BCUT2D eigenvalue weighted by atomic mass is 10.1. The molecule has 1 saturated heterocycles. The van der Waals surface area contributed by atoms with E-state index in [2.05, 4.69) is 12.2 Å². The summed E-state index contributed by atoms with van der Waals surface area (Å²) in [6.07, 6.45) is 16.1. The Morgan fingerprint density at radius 3 is 1.22 bits per heavy atom. The van der Waals surface area contributed by atoms with Crippen LogP contribution in [0.3, 0.4) is 0 Å². The van der Waals surface area contributed by atoms with Crippen LogP contribution in [0.25, 0.3) is 0 Å². The molecule has 0 aliphatic carbocycles. The van der Waals surface area contributed by atoms with Gasteiger partial charge in [-0.25, -0.2) is 0 Å². The molecule has 8 nitrogen and oxygen atoms in total. The van der Waals surface area contributed by atoms with E-state index in [1.807, 2.05) is 0 Å². The zero-order valence-corrected chi connectivity index (χ0v) is 24.0. The topological polar surface area (TPSA) is 76.6 Å². The number of nitrogens with one attached hydrogen (secondary N) is 1. The normalized spacial score (nSPS) is 14.5. The predicted octanol–water partition coefficient (Wildman–Crippen LogP) is 4.78. The van der Waals surface area contributed by atoms with E-state index < -0.39 is 0 Å². The van der Waals surface area contributed by atoms with E-state index in [-0.39, 0.29) is 0 Å². The molecule has 0 aromatic carbocycles. The number of rotatable bonds is 30. The molecule has 1 rings (SSSR count). The van der Waals surface area contributed by atoms with Crippen LogP contribution in [0.15, 0.2) is 0 Å². The zero-order valence-electron chi connectivity index (χ0n) is 24.0. The Balaban J connectivity index is 1.61. The molecular formula is C29H59NO7. The molecule has 0 saturated carbocycles. The molecule has 1 heterocycles. The minimum Gasteiger partial charge on any atom is -0.379 e. The third-order valence-electron chi connectivity index (χ3n) is 6.37. The lowest BCUT2D eigenvalue weighted by molar-refractivity contribution is -0.0306. The van der Waals surface area contributed by atoms with Crippen molar-refractivity contribution in [2.24, 2.45) is 0 Å². The molecule has 37 heavy (non-hydrogen) atoms. The maximum atomic E-state index is 5.79. The fourth-order valence-corrected chi connectivity index (χ4v) is 4.13. The molecule has 0 unspecified atom stereocenters. The molecule has 0 spiro atoms. The first kappa shape index (κ1) is 34.7. The average molecular weight is 534 g/mol. The largest absolute Gasteiger partial charge is 0.379 e. The minimum atomic E-state index is 0.387. The first-order chi connectivity index (χ1) is 18.4. The summed E-state index contributed by atoms with van der Waals surface area (Å²) in [5, 5.41) is 3.33. The van der Waals surface area contributed by atoms with Crippen molar-refractivity contribution in [1.82, 2.24) is 5.32 Å². The number of hydrogen-bond acceptors (Lipinski definition) is 8. The first-order valence-corrected chi connectivity index (χ1v) is 15.2. The lowest BCUT2D eigenvalue weighted by Gasteiger charge is -2.22. The Hall–Kier alpha value is -0.320. The SMILES string of the molecule is CCCCCCCCCCCCOCCOCCOCCOCCOCCOCCOC1CCNCC1. The lowest BCUT2D eigenvalue weighted by Crippen LogP contribution is -2.33. The fraction of sp³-hybridized carbons (Fsp3) is 1.00. The summed E-state index contributed by atoms with van der Waals surface area (Å²) in [5.74, 6) is 0. The molecule has 1 fully saturated rings. The highest BCUT2D eigenvalue weighted by atomic mass is 16.6. The number of hydrogen-bond donors (Lipinski definition) is 1. The summed E-state index contributed by atoms with van der Waals surface area (Å²) >= 11 is 0. The van der Waals surface area contributed by atoms with Gasteiger partial charge < -0.3 is 38.5 Å². The second-order valence-corrected chi connectivity index (χ2v) is 9.68. The van der Waals surface area contributed by atoms with E-state index in [9.17, 15) is 0 Å². The maximum Gasteiger partial charge on any atom is 0.0704 e. The Bertz CT molecular complexity index is 425. The molecule has 0 aromatic heterocycles. The molecule has 1 N–H and O–H groups in total. The van der Waals surface area contributed by atoms with Gasteiger partial charge in [0, 0.05) is 6.61 Å². The number of unbranched alkanes of at least 4 members (excludes halogenated alkanes) is 9. The van der Waals surface area contributed by atoms with Crippen LogP contribution in [0.2, 0.25) is 0 Å². The van der Waals surface area contributed by atoms with Crippen molar-refractivity contribution in [2.75, 3.05) is 99.0 Å². The van der Waals surface area contributed by atoms with Crippen LogP contribution in [0.1, 0.15) is 84.0 Å². The minimum absolute atomic E-state index is 0.387. The van der Waals surface area contributed by atoms with Crippen molar-refractivity contribution in [1.29, 1.82) is 0 Å². The summed E-state index contributed by atoms with van der Waals surface area (Å²) in [4.78, 5) is 0. The highest BCUT2D eigenvalue weighted by molar-refractivity contribution is 4.67. The summed E-state index contributed by atoms with van der Waals surface area (Å²) in [6, 6.07) is 0. The first-order valence-electron chi connectivity index (χ1n) is 15.2. The number of ether oxygens (including phenoxy) is 7. The quantitative estimate of drug-likeness (QED) is 0.132. The van der Waals surface area contributed by atoms with Crippen LogP contribution in [0, 0.1) is 0 Å². The Morgan fingerprint density at radius 2 is 0.784 bits per heavy atom. The third kappa shape index (κ3) is 27.1. The van der Waals surface area contributed by atoms with Crippen LogP contribution in [0.5, 0.6) is 0 Å². The third-order valence-corrected chi connectivity index (χ3v) is 6.37. The molecule has 0 amide bonds. The van der Waals surface area contributed by atoms with E-state index in [1.165, 1.54) is 57.8 Å². The Labute approximate surface area is 227 Å². The summed E-state index contributed by atoms with van der Waals surface area (Å²) in [6.45, 7) is 12.4. The summed E-state index contributed by atoms with van der Waals surface area (Å²) in [5.41, 5.74) is 0. The van der Waals surface area contributed by atoms with Crippen molar-refractivity contribution in [2.45, 2.75) is 90.1 Å². The van der Waals surface area contributed by atoms with Crippen molar-refractivity contribution in [3.05, 3.63) is 0 Å². The Morgan fingerprint density at radius 1 is 0.432 bits per heavy atom. The fourth-order valence-electron chi connectivity index (χ4n) is 4.13. The maximum absolute atomic E-state index is 5.79. The second kappa shape index (κ2) is 30.2. The van der Waals surface area contributed by atoms with Crippen LogP contribution < -0.4 is 5.32 Å². The van der Waals surface area contributed by atoms with Gasteiger partial charge in [0.2, 0.25) is 0 Å². The molecule has 0 bridgehead atoms. The molecular weight excluding hydrogens is 474 g/mol. The molecule has 222 valence electrons. The second-order valence-electron chi connectivity index (χ2n) is 9.68. The zero-order chi connectivity index (χ0) is 26.3. The van der Waals surface area contributed by atoms with Gasteiger partial charge in [-0.1, -0.05) is 64.7 Å². The van der Waals surface area contributed by atoms with E-state index in [4.69, 9.17) is 33.2 Å². The van der Waals surface area contributed by atoms with Gasteiger partial charge in [0.15, 0.2) is 0 Å². The van der Waals surface area contributed by atoms with Gasteiger partial charge in [0.25, 0.3) is 0 Å². The molecule has 8 heteroatoms. The Kier molecular flexibility index (Phi) is 28.4. The highest BCUT2D eigenvalue weighted by Crippen LogP contribution is 2.10. The van der Waals surface area contributed by atoms with Crippen LogP contribution in [0.4, 0.5) is 0 Å². The van der Waals surface area contributed by atoms with Crippen molar-refractivity contribution < 1.29 is 33.2 Å². The van der Waals surface area contributed by atoms with Gasteiger partial charge in [-0.3, -0.25) is 0 Å². The monoisotopic (exact) mass is 533 g/mol. The molecule has 0 radical (unpaired) electrons. The number of piperidine rings is 1. The predicted molar refractivity (Wildman–Crippen MR) is 149 cm³/mol. The summed E-state index contributed by atoms with van der Waals surface area (Å²) in [7, 11) is 0. The van der Waals surface area contributed by atoms with E-state index in [0.29, 0.717) is 85.4 Å². The van der Waals surface area contributed by atoms with E-state index in [1.54, 1.807) is 0 Å². The highest BCUT2D eigenvalue weighted by Gasteiger charge is 2.12. The summed E-state index contributed by atoms with van der Waals surface area (Å²) < 4.78 is 39.0. The molecule has 0 aromatic rings. The smallest absolute Gasteiger partial charge is 0.0704 e. The van der Waals surface area contributed by atoms with Crippen LogP contribution in [-0.4, -0.2) is 105 Å². The van der Waals surface area contributed by atoms with Gasteiger partial charge in [0.05, 0.1) is 85.4 Å². The van der Waals surface area contributed by atoms with E-state index >= 15 is 0 Å². The van der Waals surface area contributed by atoms with Gasteiger partial charge in [0.1, 0.15) is 0 Å². The van der Waals surface area contributed by atoms with Crippen molar-refractivity contribution in [3.8, 4) is 0 Å². The average Bonchev–Trinajstić information content (AvgIpc) is 2.93. The standard InChI is InChI=1S/C29H59NO7/c1-2-3-4-5-6-7-8-9-10-11-16-31-17-18-32-19-20-33-21-22-34-23-24-35-25-26-36-27-28-37-29-12-14-30-15-13-29/h29-30H,2-28H2,1H3. The van der Waals surface area contributed by atoms with Gasteiger partial charge in [-0.05, 0) is 32.4 Å².